The minimum Gasteiger partial charge on any atom is -0.465 e. The van der Waals surface area contributed by atoms with Crippen molar-refractivity contribution in [1.82, 2.24) is 15.1 Å². The van der Waals surface area contributed by atoms with Crippen molar-refractivity contribution in [3.8, 4) is 11.5 Å². The summed E-state index contributed by atoms with van der Waals surface area (Å²) in [6.07, 6.45) is 4.65. The Morgan fingerprint density at radius 3 is 2.65 bits per heavy atom. The topological polar surface area (TPSA) is 72.4 Å². The van der Waals surface area contributed by atoms with Gasteiger partial charge in [-0.15, -0.1) is 10.2 Å². The number of rotatable bonds is 6. The molecule has 0 unspecified atom stereocenters. The zero-order valence-corrected chi connectivity index (χ0v) is 15.2. The van der Waals surface area contributed by atoms with E-state index in [-0.39, 0.29) is 18.5 Å². The average Bonchev–Trinajstić information content (AvgIpc) is 3.30. The van der Waals surface area contributed by atoms with E-state index in [9.17, 15) is 4.79 Å². The van der Waals surface area contributed by atoms with Crippen molar-refractivity contribution in [2.45, 2.75) is 26.4 Å². The molecule has 2 aromatic heterocycles. The lowest BCUT2D eigenvalue weighted by Gasteiger charge is -2.23. The summed E-state index contributed by atoms with van der Waals surface area (Å²) in [5.74, 6) is 1.20. The zero-order valence-electron chi connectivity index (χ0n) is 14.4. The first-order valence-corrected chi connectivity index (χ1v) is 8.51. The van der Waals surface area contributed by atoms with Gasteiger partial charge < -0.3 is 13.7 Å². The van der Waals surface area contributed by atoms with Gasteiger partial charge in [-0.25, -0.2) is 0 Å². The van der Waals surface area contributed by atoms with Crippen molar-refractivity contribution in [2.75, 3.05) is 0 Å². The molecule has 0 aliphatic heterocycles. The van der Waals surface area contributed by atoms with E-state index in [1.165, 1.54) is 6.08 Å². The van der Waals surface area contributed by atoms with Crippen molar-refractivity contribution in [3.63, 3.8) is 0 Å². The maximum atomic E-state index is 12.5. The minimum absolute atomic E-state index is 0.0327. The van der Waals surface area contributed by atoms with Crippen LogP contribution in [0.15, 0.2) is 57.6 Å². The van der Waals surface area contributed by atoms with Gasteiger partial charge in [-0.05, 0) is 56.3 Å². The van der Waals surface area contributed by atoms with Crippen LogP contribution >= 0.6 is 11.6 Å². The lowest BCUT2D eigenvalue weighted by molar-refractivity contribution is -0.128. The van der Waals surface area contributed by atoms with Crippen LogP contribution in [0.3, 0.4) is 0 Å². The molecule has 0 spiro atoms. The zero-order chi connectivity index (χ0) is 18.5. The van der Waals surface area contributed by atoms with Crippen LogP contribution in [0.2, 0.25) is 5.02 Å². The molecule has 0 aliphatic carbocycles. The number of aromatic nitrogens is 2. The fourth-order valence-electron chi connectivity index (χ4n) is 2.32. The molecule has 0 bridgehead atoms. The quantitative estimate of drug-likeness (QED) is 0.599. The Kier molecular flexibility index (Phi) is 5.53. The third-order valence-electron chi connectivity index (χ3n) is 3.70. The Bertz CT molecular complexity index is 883. The van der Waals surface area contributed by atoms with E-state index in [0.29, 0.717) is 22.6 Å². The van der Waals surface area contributed by atoms with Crippen molar-refractivity contribution in [2.24, 2.45) is 0 Å². The second kappa shape index (κ2) is 8.01. The van der Waals surface area contributed by atoms with E-state index in [0.717, 1.165) is 5.56 Å². The smallest absolute Gasteiger partial charge is 0.247 e. The maximum absolute atomic E-state index is 12.5. The molecule has 3 rings (SSSR count). The Morgan fingerprint density at radius 2 is 2.00 bits per heavy atom. The molecule has 6 nitrogen and oxygen atoms in total. The van der Waals surface area contributed by atoms with Crippen LogP contribution in [-0.4, -0.2) is 27.0 Å². The van der Waals surface area contributed by atoms with E-state index in [1.54, 1.807) is 53.6 Å². The SMILES string of the molecule is CC(C)N(Cc1nnc(-c2ccc(Cl)cc2)o1)C(=O)/C=C/c1ccco1. The molecule has 0 saturated carbocycles. The normalized spacial score (nSPS) is 11.4. The highest BCUT2D eigenvalue weighted by atomic mass is 35.5. The first kappa shape index (κ1) is 17.9. The van der Waals surface area contributed by atoms with E-state index in [1.807, 2.05) is 13.8 Å². The van der Waals surface area contributed by atoms with E-state index in [4.69, 9.17) is 20.4 Å². The summed E-state index contributed by atoms with van der Waals surface area (Å²) >= 11 is 5.89. The lowest BCUT2D eigenvalue weighted by atomic mass is 10.2. The number of benzene rings is 1. The predicted octanol–water partition coefficient (Wildman–Crippen LogP) is 4.43. The summed E-state index contributed by atoms with van der Waals surface area (Å²) in [4.78, 5) is 14.1. The molecule has 0 N–H and O–H groups in total. The molecular formula is C19H18ClN3O3. The van der Waals surface area contributed by atoms with Crippen LogP contribution in [0.25, 0.3) is 17.5 Å². The summed E-state index contributed by atoms with van der Waals surface area (Å²) in [5, 5.41) is 8.72. The fourth-order valence-corrected chi connectivity index (χ4v) is 2.45. The molecular weight excluding hydrogens is 354 g/mol. The molecule has 3 aromatic rings. The van der Waals surface area contributed by atoms with Crippen LogP contribution in [0.5, 0.6) is 0 Å². The number of carbonyl (C=O) groups excluding carboxylic acids is 1. The Balaban J connectivity index is 1.72. The van der Waals surface area contributed by atoms with Crippen molar-refractivity contribution in [1.29, 1.82) is 0 Å². The maximum Gasteiger partial charge on any atom is 0.247 e. The molecule has 1 aromatic carbocycles. The van der Waals surface area contributed by atoms with Gasteiger partial charge in [0.2, 0.25) is 17.7 Å². The van der Waals surface area contributed by atoms with Gasteiger partial charge in [-0.1, -0.05) is 11.6 Å². The fraction of sp³-hybridized carbons (Fsp3) is 0.211. The molecule has 1 amide bonds. The van der Waals surface area contributed by atoms with Crippen molar-refractivity contribution in [3.05, 3.63) is 65.4 Å². The molecule has 7 heteroatoms. The lowest BCUT2D eigenvalue weighted by Crippen LogP contribution is -2.35. The molecule has 0 fully saturated rings. The molecule has 0 atom stereocenters. The molecule has 2 heterocycles. The average molecular weight is 372 g/mol. The highest BCUT2D eigenvalue weighted by molar-refractivity contribution is 6.30. The van der Waals surface area contributed by atoms with E-state index >= 15 is 0 Å². The largest absolute Gasteiger partial charge is 0.465 e. The van der Waals surface area contributed by atoms with Gasteiger partial charge in [0.05, 0.1) is 12.8 Å². The number of hydrogen-bond donors (Lipinski definition) is 0. The van der Waals surface area contributed by atoms with Gasteiger partial charge in [-0.2, -0.15) is 0 Å². The van der Waals surface area contributed by atoms with E-state index < -0.39 is 0 Å². The summed E-state index contributed by atoms with van der Waals surface area (Å²) in [7, 11) is 0. The van der Waals surface area contributed by atoms with Crippen LogP contribution in [-0.2, 0) is 11.3 Å². The van der Waals surface area contributed by atoms with Crippen molar-refractivity contribution < 1.29 is 13.6 Å². The third-order valence-corrected chi connectivity index (χ3v) is 3.96. The van der Waals surface area contributed by atoms with Gasteiger partial charge in [0.25, 0.3) is 0 Å². The summed E-state index contributed by atoms with van der Waals surface area (Å²) in [6.45, 7) is 4.07. The van der Waals surface area contributed by atoms with Crippen LogP contribution in [0.4, 0.5) is 0 Å². The van der Waals surface area contributed by atoms with Crippen molar-refractivity contribution >= 4 is 23.6 Å². The standard InChI is InChI=1S/C19H18ClN3O3/c1-13(2)23(18(24)10-9-16-4-3-11-25-16)12-17-21-22-19(26-17)14-5-7-15(20)8-6-14/h3-11,13H,12H2,1-2H3/b10-9+. The molecule has 134 valence electrons. The Labute approximate surface area is 156 Å². The number of nitrogens with zero attached hydrogens (tertiary/aromatic N) is 3. The second-order valence-corrected chi connectivity index (χ2v) is 6.35. The Morgan fingerprint density at radius 1 is 1.23 bits per heavy atom. The first-order valence-electron chi connectivity index (χ1n) is 8.13. The van der Waals surface area contributed by atoms with Crippen LogP contribution in [0, 0.1) is 0 Å². The first-order chi connectivity index (χ1) is 12.5. The van der Waals surface area contributed by atoms with Gasteiger partial charge in [0.1, 0.15) is 5.76 Å². The molecule has 0 radical (unpaired) electrons. The van der Waals surface area contributed by atoms with Gasteiger partial charge in [-0.3, -0.25) is 4.79 Å². The number of hydrogen-bond acceptors (Lipinski definition) is 5. The number of carbonyl (C=O) groups is 1. The third kappa shape index (κ3) is 4.40. The van der Waals surface area contributed by atoms with Gasteiger partial charge >= 0.3 is 0 Å². The minimum atomic E-state index is -0.164. The molecule has 26 heavy (non-hydrogen) atoms. The van der Waals surface area contributed by atoms with Gasteiger partial charge in [0.15, 0.2) is 0 Å². The summed E-state index contributed by atoms with van der Waals surface area (Å²) < 4.78 is 10.9. The number of halogens is 1. The Hall–Kier alpha value is -2.86. The summed E-state index contributed by atoms with van der Waals surface area (Å²) in [5.41, 5.74) is 0.772. The molecule has 0 saturated heterocycles. The number of amides is 1. The van der Waals surface area contributed by atoms with Crippen LogP contribution in [0.1, 0.15) is 25.5 Å². The highest BCUT2D eigenvalue weighted by Gasteiger charge is 2.19. The molecule has 0 aliphatic rings. The second-order valence-electron chi connectivity index (χ2n) is 5.92. The highest BCUT2D eigenvalue weighted by Crippen LogP contribution is 2.21. The summed E-state index contributed by atoms with van der Waals surface area (Å²) in [6, 6.07) is 10.6. The van der Waals surface area contributed by atoms with E-state index in [2.05, 4.69) is 10.2 Å². The van der Waals surface area contributed by atoms with Crippen LogP contribution < -0.4 is 0 Å². The monoisotopic (exact) mass is 371 g/mol. The number of furan rings is 1. The predicted molar refractivity (Wildman–Crippen MR) is 98.2 cm³/mol. The van der Waals surface area contributed by atoms with Gasteiger partial charge in [0, 0.05) is 22.7 Å².